The van der Waals surface area contributed by atoms with Gasteiger partial charge in [-0.15, -0.1) is 0 Å². The lowest BCUT2D eigenvalue weighted by Gasteiger charge is -2.51. The van der Waals surface area contributed by atoms with E-state index in [0.29, 0.717) is 0 Å². The summed E-state index contributed by atoms with van der Waals surface area (Å²) in [5.41, 5.74) is -3.40. The lowest BCUT2D eigenvalue weighted by Crippen LogP contribution is -2.74. The Bertz CT molecular complexity index is 322. The van der Waals surface area contributed by atoms with Crippen molar-refractivity contribution in [3.8, 4) is 0 Å². The summed E-state index contributed by atoms with van der Waals surface area (Å²) in [4.78, 5) is 0. The average Bonchev–Trinajstić information content (AvgIpc) is 2.09. The number of alkyl halides is 7. The molecule has 0 aromatic rings. The van der Waals surface area contributed by atoms with Gasteiger partial charge in [-0.2, -0.15) is 22.0 Å². The van der Waals surface area contributed by atoms with E-state index in [9.17, 15) is 30.7 Å². The summed E-state index contributed by atoms with van der Waals surface area (Å²) < 4.78 is 93.4. The summed E-state index contributed by atoms with van der Waals surface area (Å²) in [5.74, 6) is -14.3. The largest absolute Gasteiger partial charge is 0.449 e. The number of hydrogen-bond donors (Lipinski definition) is 1. The molecule has 1 aliphatic rings. The minimum Gasteiger partial charge on any atom is -0.354 e. The molecule has 1 heterocycles. The van der Waals surface area contributed by atoms with Crippen LogP contribution in [0.5, 0.6) is 0 Å². The standard InChI is InChI=1S/C8H9F7O2/c1-4(2)5(9,10)3-17-7(16,6(4,11)12)8(13,14)15/h16H,3H2,1-2H3. The Balaban J connectivity index is 3.36. The fourth-order valence-corrected chi connectivity index (χ4v) is 1.38. The van der Waals surface area contributed by atoms with Crippen molar-refractivity contribution in [2.45, 2.75) is 37.7 Å². The minimum absolute atomic E-state index is 0.242. The normalized spacial score (nSPS) is 35.6. The summed E-state index contributed by atoms with van der Waals surface area (Å²) in [6.07, 6.45) is -5.88. The van der Waals surface area contributed by atoms with Crippen LogP contribution in [0.15, 0.2) is 0 Å². The van der Waals surface area contributed by atoms with Gasteiger partial charge in [-0.25, -0.2) is 8.78 Å². The summed E-state index contributed by atoms with van der Waals surface area (Å²) >= 11 is 0. The van der Waals surface area contributed by atoms with E-state index in [0.717, 1.165) is 0 Å². The Kier molecular flexibility index (Phi) is 2.77. The van der Waals surface area contributed by atoms with E-state index in [1.165, 1.54) is 0 Å². The molecule has 1 atom stereocenters. The zero-order valence-electron chi connectivity index (χ0n) is 8.71. The van der Waals surface area contributed by atoms with Crippen LogP contribution in [0.2, 0.25) is 0 Å². The van der Waals surface area contributed by atoms with Crippen molar-refractivity contribution in [3.63, 3.8) is 0 Å². The van der Waals surface area contributed by atoms with Crippen LogP contribution in [0.4, 0.5) is 30.7 Å². The fourth-order valence-electron chi connectivity index (χ4n) is 1.38. The first-order chi connectivity index (χ1) is 7.21. The highest BCUT2D eigenvalue weighted by molar-refractivity contribution is 5.09. The third-order valence-corrected chi connectivity index (χ3v) is 2.97. The molecule has 0 amide bonds. The maximum Gasteiger partial charge on any atom is 0.449 e. The molecule has 9 heteroatoms. The Morgan fingerprint density at radius 2 is 1.47 bits per heavy atom. The summed E-state index contributed by atoms with van der Waals surface area (Å²) in [6, 6.07) is 0. The molecule has 17 heavy (non-hydrogen) atoms. The Hall–Kier alpha value is -0.570. The lowest BCUT2D eigenvalue weighted by molar-refractivity contribution is -0.490. The van der Waals surface area contributed by atoms with Gasteiger partial charge in [0.05, 0.1) is 0 Å². The van der Waals surface area contributed by atoms with E-state index >= 15 is 0 Å². The molecule has 2 nitrogen and oxygen atoms in total. The van der Waals surface area contributed by atoms with Gasteiger partial charge >= 0.3 is 17.9 Å². The van der Waals surface area contributed by atoms with Crippen molar-refractivity contribution in [2.75, 3.05) is 6.61 Å². The highest BCUT2D eigenvalue weighted by atomic mass is 19.4. The highest BCUT2D eigenvalue weighted by Gasteiger charge is 2.83. The Labute approximate surface area is 91.4 Å². The molecule has 0 radical (unpaired) electrons. The van der Waals surface area contributed by atoms with Crippen LogP contribution in [0.25, 0.3) is 0 Å². The maximum absolute atomic E-state index is 13.4. The topological polar surface area (TPSA) is 29.5 Å². The molecule has 1 saturated heterocycles. The molecule has 1 unspecified atom stereocenters. The Morgan fingerprint density at radius 3 is 1.82 bits per heavy atom. The predicted octanol–water partition coefficient (Wildman–Crippen LogP) is 2.56. The van der Waals surface area contributed by atoms with E-state index < -0.39 is 35.8 Å². The smallest absolute Gasteiger partial charge is 0.354 e. The van der Waals surface area contributed by atoms with E-state index in [1.54, 1.807) is 0 Å². The van der Waals surface area contributed by atoms with Gasteiger partial charge in [-0.3, -0.25) is 0 Å². The molecule has 1 N–H and O–H groups in total. The van der Waals surface area contributed by atoms with E-state index in [4.69, 9.17) is 5.11 Å². The average molecular weight is 270 g/mol. The quantitative estimate of drug-likeness (QED) is 0.685. The number of rotatable bonds is 0. The highest BCUT2D eigenvalue weighted by Crippen LogP contribution is 2.60. The van der Waals surface area contributed by atoms with Crippen molar-refractivity contribution >= 4 is 0 Å². The molecule has 0 spiro atoms. The monoisotopic (exact) mass is 270 g/mol. The molecule has 0 aromatic heterocycles. The predicted molar refractivity (Wildman–Crippen MR) is 40.6 cm³/mol. The van der Waals surface area contributed by atoms with Crippen LogP contribution in [-0.2, 0) is 4.74 Å². The zero-order chi connectivity index (χ0) is 13.9. The first-order valence-corrected chi connectivity index (χ1v) is 4.39. The summed E-state index contributed by atoms with van der Waals surface area (Å²) in [5, 5.41) is 8.87. The van der Waals surface area contributed by atoms with Crippen LogP contribution in [0.1, 0.15) is 13.8 Å². The molecular weight excluding hydrogens is 261 g/mol. The van der Waals surface area contributed by atoms with E-state index in [2.05, 4.69) is 4.74 Å². The molecule has 1 aliphatic heterocycles. The van der Waals surface area contributed by atoms with Gasteiger partial charge < -0.3 is 9.84 Å². The van der Waals surface area contributed by atoms with Gasteiger partial charge in [-0.1, -0.05) is 0 Å². The van der Waals surface area contributed by atoms with Crippen molar-refractivity contribution in [1.82, 2.24) is 0 Å². The summed E-state index contributed by atoms with van der Waals surface area (Å²) in [7, 11) is 0. The second-order valence-electron chi connectivity index (χ2n) is 4.33. The minimum atomic E-state index is -5.88. The van der Waals surface area contributed by atoms with Crippen LogP contribution in [-0.4, -0.2) is 35.5 Å². The van der Waals surface area contributed by atoms with Gasteiger partial charge in [0.25, 0.3) is 5.92 Å². The van der Waals surface area contributed by atoms with Crippen LogP contribution in [0, 0.1) is 5.41 Å². The van der Waals surface area contributed by atoms with E-state index in [-0.39, 0.29) is 13.8 Å². The van der Waals surface area contributed by atoms with E-state index in [1.807, 2.05) is 0 Å². The fraction of sp³-hybridized carbons (Fsp3) is 1.00. The zero-order valence-corrected chi connectivity index (χ0v) is 8.71. The molecule has 0 bridgehead atoms. The number of hydrogen-bond acceptors (Lipinski definition) is 2. The second kappa shape index (κ2) is 3.25. The van der Waals surface area contributed by atoms with Gasteiger partial charge in [0.1, 0.15) is 12.0 Å². The lowest BCUT2D eigenvalue weighted by atomic mass is 9.73. The van der Waals surface area contributed by atoms with Crippen molar-refractivity contribution in [1.29, 1.82) is 0 Å². The molecule has 0 aliphatic carbocycles. The van der Waals surface area contributed by atoms with Crippen molar-refractivity contribution in [2.24, 2.45) is 5.41 Å². The molecule has 1 fully saturated rings. The first kappa shape index (κ1) is 14.5. The molecule has 102 valence electrons. The molecule has 1 rings (SSSR count). The first-order valence-electron chi connectivity index (χ1n) is 4.39. The van der Waals surface area contributed by atoms with Crippen LogP contribution < -0.4 is 0 Å². The van der Waals surface area contributed by atoms with Crippen molar-refractivity contribution in [3.05, 3.63) is 0 Å². The van der Waals surface area contributed by atoms with Gasteiger partial charge in [0.15, 0.2) is 0 Å². The molecule has 0 saturated carbocycles. The third kappa shape index (κ3) is 1.55. The van der Waals surface area contributed by atoms with Crippen molar-refractivity contribution < 1.29 is 40.6 Å². The van der Waals surface area contributed by atoms with Gasteiger partial charge in [-0.05, 0) is 13.8 Å². The SMILES string of the molecule is CC1(C)C(F)(F)COC(O)(C(F)(F)F)C1(F)F. The molecule has 0 aromatic carbocycles. The molecular formula is C8H9F7O2. The number of halogens is 7. The number of ether oxygens (including phenoxy) is 1. The third-order valence-electron chi connectivity index (χ3n) is 2.97. The Morgan fingerprint density at radius 1 is 1.06 bits per heavy atom. The summed E-state index contributed by atoms with van der Waals surface area (Å²) in [6.45, 7) is -1.45. The van der Waals surface area contributed by atoms with Gasteiger partial charge in [0.2, 0.25) is 0 Å². The van der Waals surface area contributed by atoms with Crippen LogP contribution >= 0.6 is 0 Å². The maximum atomic E-state index is 13.4. The number of aliphatic hydroxyl groups is 1. The van der Waals surface area contributed by atoms with Crippen LogP contribution in [0.3, 0.4) is 0 Å². The van der Waals surface area contributed by atoms with Gasteiger partial charge in [0, 0.05) is 0 Å². The second-order valence-corrected chi connectivity index (χ2v) is 4.33.